The van der Waals surface area contributed by atoms with Crippen LogP contribution in [0.3, 0.4) is 0 Å². The number of aromatic amines is 2. The van der Waals surface area contributed by atoms with Crippen molar-refractivity contribution < 1.29 is 9.53 Å². The maximum Gasteiger partial charge on any atom is 0.356 e. The van der Waals surface area contributed by atoms with Gasteiger partial charge < -0.3 is 4.74 Å². The number of halogens is 1. The molecule has 0 amide bonds. The van der Waals surface area contributed by atoms with Gasteiger partial charge >= 0.3 is 11.7 Å². The van der Waals surface area contributed by atoms with Gasteiger partial charge in [0, 0.05) is 0 Å². The average Bonchev–Trinajstić information content (AvgIpc) is 2.10. The van der Waals surface area contributed by atoms with Crippen LogP contribution in [-0.4, -0.2) is 23.0 Å². The smallest absolute Gasteiger partial charge is 0.356 e. The standard InChI is InChI=1S/C6H5ClN2O4/c1-13-5(11)3-2(7)4(10)9-6(12)8-3/h1H3,(H2,8,9,10,12). The van der Waals surface area contributed by atoms with Crippen LogP contribution in [0.5, 0.6) is 0 Å². The van der Waals surface area contributed by atoms with Crippen LogP contribution in [-0.2, 0) is 4.74 Å². The van der Waals surface area contributed by atoms with Crippen molar-refractivity contribution in [2.24, 2.45) is 0 Å². The molecular formula is C6H5ClN2O4. The number of hydrogen-bond donors (Lipinski definition) is 2. The predicted octanol–water partition coefficient (Wildman–Crippen LogP) is -0.497. The molecule has 6 nitrogen and oxygen atoms in total. The number of esters is 1. The minimum Gasteiger partial charge on any atom is -0.464 e. The Balaban J connectivity index is 3.46. The third kappa shape index (κ3) is 1.78. The lowest BCUT2D eigenvalue weighted by molar-refractivity contribution is 0.0593. The van der Waals surface area contributed by atoms with E-state index < -0.39 is 22.2 Å². The number of ether oxygens (including phenoxy) is 1. The molecule has 0 fully saturated rings. The van der Waals surface area contributed by atoms with Crippen molar-refractivity contribution in [1.29, 1.82) is 0 Å². The summed E-state index contributed by atoms with van der Waals surface area (Å²) < 4.78 is 4.28. The quantitative estimate of drug-likeness (QED) is 0.604. The molecule has 0 unspecified atom stereocenters. The number of methoxy groups -OCH3 is 1. The van der Waals surface area contributed by atoms with Gasteiger partial charge in [-0.1, -0.05) is 11.6 Å². The summed E-state index contributed by atoms with van der Waals surface area (Å²) in [5.41, 5.74) is -1.99. The van der Waals surface area contributed by atoms with E-state index >= 15 is 0 Å². The molecule has 13 heavy (non-hydrogen) atoms. The molecule has 0 aromatic carbocycles. The fraction of sp³-hybridized carbons (Fsp3) is 0.167. The fourth-order valence-corrected chi connectivity index (χ4v) is 0.886. The van der Waals surface area contributed by atoms with Crippen molar-refractivity contribution in [3.05, 3.63) is 31.6 Å². The Morgan fingerprint density at radius 1 is 1.38 bits per heavy atom. The SMILES string of the molecule is COC(=O)c1[nH]c(=O)[nH]c(=O)c1Cl. The Bertz CT molecular complexity index is 447. The number of carbonyl (C=O) groups is 1. The van der Waals surface area contributed by atoms with Crippen molar-refractivity contribution >= 4 is 17.6 Å². The molecule has 0 spiro atoms. The van der Waals surface area contributed by atoms with Gasteiger partial charge in [-0.2, -0.15) is 0 Å². The fourth-order valence-electron chi connectivity index (χ4n) is 0.714. The van der Waals surface area contributed by atoms with Gasteiger partial charge in [-0.05, 0) is 0 Å². The lowest BCUT2D eigenvalue weighted by atomic mass is 10.4. The van der Waals surface area contributed by atoms with Gasteiger partial charge in [0.05, 0.1) is 7.11 Å². The van der Waals surface area contributed by atoms with Crippen molar-refractivity contribution in [1.82, 2.24) is 9.97 Å². The minimum atomic E-state index is -0.867. The first-order chi connectivity index (χ1) is 6.06. The van der Waals surface area contributed by atoms with E-state index in [9.17, 15) is 14.4 Å². The molecule has 0 bridgehead atoms. The van der Waals surface area contributed by atoms with Crippen LogP contribution in [0.25, 0.3) is 0 Å². The van der Waals surface area contributed by atoms with E-state index in [1.54, 1.807) is 0 Å². The molecule has 1 aromatic heterocycles. The summed E-state index contributed by atoms with van der Waals surface area (Å²) >= 11 is 5.42. The molecule has 1 rings (SSSR count). The number of nitrogens with one attached hydrogen (secondary N) is 2. The van der Waals surface area contributed by atoms with Crippen LogP contribution in [0.4, 0.5) is 0 Å². The van der Waals surface area contributed by atoms with Crippen LogP contribution < -0.4 is 11.2 Å². The molecule has 0 atom stereocenters. The highest BCUT2D eigenvalue weighted by Crippen LogP contribution is 2.05. The summed E-state index contributed by atoms with van der Waals surface area (Å²) in [5.74, 6) is -0.867. The van der Waals surface area contributed by atoms with Crippen molar-refractivity contribution in [2.45, 2.75) is 0 Å². The van der Waals surface area contributed by atoms with Gasteiger partial charge in [-0.3, -0.25) is 14.8 Å². The van der Waals surface area contributed by atoms with E-state index in [-0.39, 0.29) is 5.69 Å². The average molecular weight is 205 g/mol. The second kappa shape index (κ2) is 3.44. The zero-order valence-electron chi connectivity index (χ0n) is 6.51. The largest absolute Gasteiger partial charge is 0.464 e. The van der Waals surface area contributed by atoms with E-state index in [0.717, 1.165) is 7.11 Å². The van der Waals surface area contributed by atoms with Gasteiger partial charge in [0.1, 0.15) is 5.02 Å². The van der Waals surface area contributed by atoms with Crippen LogP contribution in [0.15, 0.2) is 9.59 Å². The first-order valence-corrected chi connectivity index (χ1v) is 3.54. The van der Waals surface area contributed by atoms with E-state index in [1.165, 1.54) is 0 Å². The number of rotatable bonds is 1. The first kappa shape index (κ1) is 9.53. The van der Waals surface area contributed by atoms with E-state index in [1.807, 2.05) is 9.97 Å². The molecule has 0 saturated heterocycles. The lowest BCUT2D eigenvalue weighted by Gasteiger charge is -1.98. The molecule has 0 saturated carbocycles. The summed E-state index contributed by atoms with van der Waals surface area (Å²) in [7, 11) is 1.11. The molecule has 7 heteroatoms. The number of H-pyrrole nitrogens is 2. The maximum absolute atomic E-state index is 10.9. The molecule has 0 aliphatic carbocycles. The summed E-state index contributed by atoms with van der Waals surface area (Å²) in [4.78, 5) is 36.4. The zero-order chi connectivity index (χ0) is 10.0. The highest BCUT2D eigenvalue weighted by molar-refractivity contribution is 6.33. The molecule has 0 aliphatic rings. The van der Waals surface area contributed by atoms with Gasteiger partial charge in [-0.25, -0.2) is 9.59 Å². The maximum atomic E-state index is 10.9. The zero-order valence-corrected chi connectivity index (χ0v) is 7.27. The molecule has 2 N–H and O–H groups in total. The first-order valence-electron chi connectivity index (χ1n) is 3.16. The predicted molar refractivity (Wildman–Crippen MR) is 44.0 cm³/mol. The second-order valence-electron chi connectivity index (χ2n) is 2.09. The Hall–Kier alpha value is -1.56. The minimum absolute atomic E-state index is 0.349. The highest BCUT2D eigenvalue weighted by atomic mass is 35.5. The number of hydrogen-bond acceptors (Lipinski definition) is 4. The van der Waals surface area contributed by atoms with Crippen LogP contribution in [0.1, 0.15) is 10.5 Å². The highest BCUT2D eigenvalue weighted by Gasteiger charge is 2.14. The summed E-state index contributed by atoms with van der Waals surface area (Å²) in [6.45, 7) is 0. The third-order valence-electron chi connectivity index (χ3n) is 1.27. The summed E-state index contributed by atoms with van der Waals surface area (Å²) in [6.07, 6.45) is 0. The van der Waals surface area contributed by atoms with Crippen LogP contribution in [0, 0.1) is 0 Å². The van der Waals surface area contributed by atoms with Crippen LogP contribution in [0.2, 0.25) is 5.02 Å². The normalized spacial score (nSPS) is 9.69. The molecular weight excluding hydrogens is 200 g/mol. The molecule has 1 heterocycles. The number of carbonyl (C=O) groups excluding carboxylic acids is 1. The number of aromatic nitrogens is 2. The third-order valence-corrected chi connectivity index (χ3v) is 1.63. The molecule has 1 aromatic rings. The van der Waals surface area contributed by atoms with Crippen molar-refractivity contribution in [3.63, 3.8) is 0 Å². The monoisotopic (exact) mass is 204 g/mol. The van der Waals surface area contributed by atoms with Crippen LogP contribution >= 0.6 is 11.6 Å². The lowest BCUT2D eigenvalue weighted by Crippen LogP contribution is -2.27. The van der Waals surface area contributed by atoms with Gasteiger partial charge in [0.2, 0.25) is 0 Å². The van der Waals surface area contributed by atoms with Gasteiger partial charge in [-0.15, -0.1) is 0 Å². The Labute approximate surface area is 76.5 Å². The Morgan fingerprint density at radius 3 is 2.54 bits per heavy atom. The Kier molecular flexibility index (Phi) is 2.52. The molecule has 0 radical (unpaired) electrons. The summed E-state index contributed by atoms with van der Waals surface area (Å²) in [6, 6.07) is 0. The van der Waals surface area contributed by atoms with Crippen molar-refractivity contribution in [2.75, 3.05) is 7.11 Å². The summed E-state index contributed by atoms with van der Waals surface area (Å²) in [5, 5.41) is -0.397. The van der Waals surface area contributed by atoms with E-state index in [2.05, 4.69) is 4.74 Å². The van der Waals surface area contributed by atoms with Crippen molar-refractivity contribution in [3.8, 4) is 0 Å². The second-order valence-corrected chi connectivity index (χ2v) is 2.47. The van der Waals surface area contributed by atoms with Gasteiger partial charge in [0.15, 0.2) is 5.69 Å². The van der Waals surface area contributed by atoms with E-state index in [0.29, 0.717) is 0 Å². The topological polar surface area (TPSA) is 92.0 Å². The molecule has 0 aliphatic heterocycles. The van der Waals surface area contributed by atoms with E-state index in [4.69, 9.17) is 11.6 Å². The Morgan fingerprint density at radius 2 is 2.00 bits per heavy atom. The molecule has 70 valence electrons. The van der Waals surface area contributed by atoms with Gasteiger partial charge in [0.25, 0.3) is 5.56 Å².